The third kappa shape index (κ3) is 3.58. The lowest BCUT2D eigenvalue weighted by Gasteiger charge is -2.18. The lowest BCUT2D eigenvalue weighted by atomic mass is 10.1. The van der Waals surface area contributed by atoms with Crippen LogP contribution in [0.15, 0.2) is 29.2 Å². The van der Waals surface area contributed by atoms with Crippen LogP contribution in [0.3, 0.4) is 0 Å². The maximum absolute atomic E-state index is 12.3. The number of amides is 2. The van der Waals surface area contributed by atoms with Crippen molar-refractivity contribution in [2.75, 3.05) is 24.5 Å². The number of primary sulfonamides is 1. The standard InChI is InChI=1S/C15H20N4O4S/c16-24(22,23)13-3-1-2-12(7-13)19-9-10(6-14(19)20)15(21)18-11-4-5-17-8-11/h1-3,7,10-11,17H,4-6,8-9H2,(H,18,21)(H2,16,22,23). The van der Waals surface area contributed by atoms with E-state index < -0.39 is 15.9 Å². The fraction of sp³-hybridized carbons (Fsp3) is 0.467. The van der Waals surface area contributed by atoms with Crippen molar-refractivity contribution >= 4 is 27.5 Å². The van der Waals surface area contributed by atoms with E-state index >= 15 is 0 Å². The van der Waals surface area contributed by atoms with Crippen molar-refractivity contribution in [1.82, 2.24) is 10.6 Å². The third-order valence-electron chi connectivity index (χ3n) is 4.36. The molecule has 0 saturated carbocycles. The van der Waals surface area contributed by atoms with Gasteiger partial charge in [-0.25, -0.2) is 13.6 Å². The van der Waals surface area contributed by atoms with Gasteiger partial charge in [0.2, 0.25) is 21.8 Å². The first-order valence-electron chi connectivity index (χ1n) is 7.79. The van der Waals surface area contributed by atoms with Gasteiger partial charge in [0.1, 0.15) is 0 Å². The number of anilines is 1. The summed E-state index contributed by atoms with van der Waals surface area (Å²) in [5.41, 5.74) is 0.435. The van der Waals surface area contributed by atoms with Crippen LogP contribution >= 0.6 is 0 Å². The average molecular weight is 352 g/mol. The number of carbonyl (C=O) groups is 2. The fourth-order valence-electron chi connectivity index (χ4n) is 3.06. The number of sulfonamides is 1. The van der Waals surface area contributed by atoms with Gasteiger partial charge in [-0.3, -0.25) is 9.59 Å². The fourth-order valence-corrected chi connectivity index (χ4v) is 3.61. The van der Waals surface area contributed by atoms with E-state index in [-0.39, 0.29) is 35.7 Å². The molecule has 24 heavy (non-hydrogen) atoms. The highest BCUT2D eigenvalue weighted by molar-refractivity contribution is 7.89. The van der Waals surface area contributed by atoms with Crippen molar-refractivity contribution in [3.63, 3.8) is 0 Å². The molecule has 0 bridgehead atoms. The summed E-state index contributed by atoms with van der Waals surface area (Å²) < 4.78 is 22.9. The quantitative estimate of drug-likeness (QED) is 0.653. The van der Waals surface area contributed by atoms with E-state index in [2.05, 4.69) is 10.6 Å². The molecule has 1 aromatic rings. The maximum Gasteiger partial charge on any atom is 0.238 e. The highest BCUT2D eigenvalue weighted by Crippen LogP contribution is 2.27. The van der Waals surface area contributed by atoms with Crippen LogP contribution in [0.2, 0.25) is 0 Å². The molecule has 2 unspecified atom stereocenters. The summed E-state index contributed by atoms with van der Waals surface area (Å²) in [6, 6.07) is 5.99. The minimum atomic E-state index is -3.84. The first kappa shape index (κ1) is 16.9. The minimum Gasteiger partial charge on any atom is -0.352 e. The van der Waals surface area contributed by atoms with Crippen molar-refractivity contribution in [3.05, 3.63) is 24.3 Å². The van der Waals surface area contributed by atoms with E-state index in [1.165, 1.54) is 23.1 Å². The molecule has 9 heteroatoms. The number of benzene rings is 1. The van der Waals surface area contributed by atoms with E-state index in [1.54, 1.807) is 6.07 Å². The van der Waals surface area contributed by atoms with Crippen molar-refractivity contribution < 1.29 is 18.0 Å². The summed E-state index contributed by atoms with van der Waals surface area (Å²) in [4.78, 5) is 25.9. The molecule has 1 aromatic carbocycles. The Bertz CT molecular complexity index is 758. The Balaban J connectivity index is 1.72. The summed E-state index contributed by atoms with van der Waals surface area (Å²) in [5, 5.41) is 11.2. The second-order valence-corrected chi connectivity index (χ2v) is 7.71. The molecule has 130 valence electrons. The Kier molecular flexibility index (Phi) is 4.57. The predicted molar refractivity (Wildman–Crippen MR) is 87.7 cm³/mol. The Hall–Kier alpha value is -1.97. The van der Waals surface area contributed by atoms with Gasteiger partial charge in [-0.2, -0.15) is 0 Å². The van der Waals surface area contributed by atoms with Crippen LogP contribution in [0.25, 0.3) is 0 Å². The molecule has 2 heterocycles. The molecule has 2 aliphatic rings. The van der Waals surface area contributed by atoms with Crippen LogP contribution in [-0.2, 0) is 19.6 Å². The lowest BCUT2D eigenvalue weighted by molar-refractivity contribution is -0.126. The largest absolute Gasteiger partial charge is 0.352 e. The average Bonchev–Trinajstić information content (AvgIpc) is 3.16. The van der Waals surface area contributed by atoms with Crippen molar-refractivity contribution in [1.29, 1.82) is 0 Å². The van der Waals surface area contributed by atoms with Crippen LogP contribution < -0.4 is 20.7 Å². The summed E-state index contributed by atoms with van der Waals surface area (Å²) in [7, 11) is -3.84. The SMILES string of the molecule is NS(=O)(=O)c1cccc(N2CC(C(=O)NC3CCNC3)CC2=O)c1. The number of hydrogen-bond donors (Lipinski definition) is 3. The van der Waals surface area contributed by atoms with E-state index in [9.17, 15) is 18.0 Å². The van der Waals surface area contributed by atoms with E-state index in [0.29, 0.717) is 5.69 Å². The molecule has 3 rings (SSSR count). The third-order valence-corrected chi connectivity index (χ3v) is 5.27. The molecule has 2 amide bonds. The van der Waals surface area contributed by atoms with Gasteiger partial charge in [-0.05, 0) is 31.2 Å². The van der Waals surface area contributed by atoms with Crippen molar-refractivity contribution in [3.8, 4) is 0 Å². The molecule has 2 atom stereocenters. The summed E-state index contributed by atoms with van der Waals surface area (Å²) in [6.07, 6.45) is 0.998. The molecular formula is C15H20N4O4S. The summed E-state index contributed by atoms with van der Waals surface area (Å²) in [6.45, 7) is 1.85. The molecule has 4 N–H and O–H groups in total. The molecule has 0 spiro atoms. The zero-order valence-electron chi connectivity index (χ0n) is 13.1. The topological polar surface area (TPSA) is 122 Å². The van der Waals surface area contributed by atoms with Crippen LogP contribution in [-0.4, -0.2) is 45.9 Å². The van der Waals surface area contributed by atoms with Crippen molar-refractivity contribution in [2.45, 2.75) is 23.8 Å². The first-order chi connectivity index (χ1) is 11.3. The van der Waals surface area contributed by atoms with Crippen LogP contribution in [0.1, 0.15) is 12.8 Å². The van der Waals surface area contributed by atoms with Crippen LogP contribution in [0.5, 0.6) is 0 Å². The zero-order valence-corrected chi connectivity index (χ0v) is 13.9. The second-order valence-electron chi connectivity index (χ2n) is 6.15. The molecule has 0 aliphatic carbocycles. The van der Waals surface area contributed by atoms with Crippen LogP contribution in [0, 0.1) is 5.92 Å². The number of nitrogens with one attached hydrogen (secondary N) is 2. The highest BCUT2D eigenvalue weighted by Gasteiger charge is 2.36. The van der Waals surface area contributed by atoms with Gasteiger partial charge in [0, 0.05) is 31.2 Å². The highest BCUT2D eigenvalue weighted by atomic mass is 32.2. The van der Waals surface area contributed by atoms with Gasteiger partial charge in [0.05, 0.1) is 10.8 Å². The van der Waals surface area contributed by atoms with Crippen molar-refractivity contribution in [2.24, 2.45) is 11.1 Å². The Morgan fingerprint density at radius 1 is 1.38 bits per heavy atom. The molecule has 2 fully saturated rings. The second kappa shape index (κ2) is 6.50. The first-order valence-corrected chi connectivity index (χ1v) is 9.33. The Labute approximate surface area is 140 Å². The maximum atomic E-state index is 12.3. The summed E-state index contributed by atoms with van der Waals surface area (Å²) >= 11 is 0. The monoisotopic (exact) mass is 352 g/mol. The van der Waals surface area contributed by atoms with Gasteiger partial charge in [-0.15, -0.1) is 0 Å². The lowest BCUT2D eigenvalue weighted by Crippen LogP contribution is -2.40. The minimum absolute atomic E-state index is 0.0577. The van der Waals surface area contributed by atoms with Gasteiger partial charge in [0.25, 0.3) is 0 Å². The molecule has 0 aromatic heterocycles. The number of nitrogens with two attached hydrogens (primary N) is 1. The number of carbonyl (C=O) groups excluding carboxylic acids is 2. The van der Waals surface area contributed by atoms with E-state index in [4.69, 9.17) is 5.14 Å². The summed E-state index contributed by atoms with van der Waals surface area (Å²) in [5.74, 6) is -0.773. The molecular weight excluding hydrogens is 332 g/mol. The molecule has 0 radical (unpaired) electrons. The molecule has 2 saturated heterocycles. The van der Waals surface area contributed by atoms with Gasteiger partial charge in [-0.1, -0.05) is 6.07 Å². The predicted octanol–water partition coefficient (Wildman–Crippen LogP) is -0.835. The smallest absolute Gasteiger partial charge is 0.238 e. The van der Waals surface area contributed by atoms with E-state index in [0.717, 1.165) is 19.5 Å². The van der Waals surface area contributed by atoms with Gasteiger partial charge in [0.15, 0.2) is 0 Å². The molecule has 2 aliphatic heterocycles. The number of hydrogen-bond acceptors (Lipinski definition) is 5. The zero-order chi connectivity index (χ0) is 17.3. The van der Waals surface area contributed by atoms with Gasteiger partial charge >= 0.3 is 0 Å². The van der Waals surface area contributed by atoms with Crippen LogP contribution in [0.4, 0.5) is 5.69 Å². The molecule has 8 nitrogen and oxygen atoms in total. The van der Waals surface area contributed by atoms with Gasteiger partial charge < -0.3 is 15.5 Å². The number of rotatable bonds is 4. The Morgan fingerprint density at radius 2 is 2.17 bits per heavy atom. The number of nitrogens with zero attached hydrogens (tertiary/aromatic N) is 1. The van der Waals surface area contributed by atoms with E-state index in [1.807, 2.05) is 0 Å². The Morgan fingerprint density at radius 3 is 2.83 bits per heavy atom. The normalized spacial score (nSPS) is 24.4.